The molecule has 0 aliphatic rings. The Bertz CT molecular complexity index is 1150. The van der Waals surface area contributed by atoms with Crippen molar-refractivity contribution in [3.8, 4) is 11.8 Å². The fraction of sp³-hybridized carbons (Fsp3) is 0.395. The summed E-state index contributed by atoms with van der Waals surface area (Å²) >= 11 is 0. The van der Waals surface area contributed by atoms with Gasteiger partial charge in [-0.05, 0) is 74.0 Å². The highest BCUT2D eigenvalue weighted by Crippen LogP contribution is 2.40. The second-order valence-electron chi connectivity index (χ2n) is 11.9. The largest absolute Gasteiger partial charge is 0.357 e. The smallest absolute Gasteiger partial charge is 0.205 e. The van der Waals surface area contributed by atoms with Crippen molar-refractivity contribution in [3.05, 3.63) is 120 Å². The minimum atomic E-state index is -0.723. The van der Waals surface area contributed by atoms with Gasteiger partial charge < -0.3 is 4.74 Å². The molecule has 0 bridgehead atoms. The first-order chi connectivity index (χ1) is 19.2. The number of benzene rings is 3. The maximum absolute atomic E-state index is 12.4. The molecule has 0 aliphatic heterocycles. The van der Waals surface area contributed by atoms with Crippen LogP contribution in [-0.2, 0) is 15.1 Å². The molecule has 0 heterocycles. The molecular formula is C38H46O2. The lowest BCUT2D eigenvalue weighted by Crippen LogP contribution is -2.33. The molecule has 0 aromatic heterocycles. The summed E-state index contributed by atoms with van der Waals surface area (Å²) in [6, 6.07) is 31.2. The predicted octanol–water partition coefficient (Wildman–Crippen LogP) is 9.39. The Morgan fingerprint density at radius 1 is 0.800 bits per heavy atom. The maximum Gasteiger partial charge on any atom is 0.205 e. The summed E-state index contributed by atoms with van der Waals surface area (Å²) < 4.78 is 6.77. The number of carbonyl (C=O) groups excluding carboxylic acids is 1. The second-order valence-corrected chi connectivity index (χ2v) is 11.9. The number of unbranched alkanes of at least 4 members (excludes halogenated alkanes) is 1. The highest BCUT2D eigenvalue weighted by atomic mass is 16.5. The Kier molecular flexibility index (Phi) is 12.0. The predicted molar refractivity (Wildman–Crippen MR) is 168 cm³/mol. The fourth-order valence-electron chi connectivity index (χ4n) is 5.62. The quantitative estimate of drug-likeness (QED) is 0.0677. The lowest BCUT2D eigenvalue weighted by molar-refractivity contribution is -0.113. The number of ether oxygens (including phenoxy) is 1. The molecule has 1 unspecified atom stereocenters. The van der Waals surface area contributed by atoms with Crippen molar-refractivity contribution in [2.45, 2.75) is 72.3 Å². The number of allylic oxidation sites excluding steroid dienone is 1. The summed E-state index contributed by atoms with van der Waals surface area (Å²) in [5, 5.41) is 0. The summed E-state index contributed by atoms with van der Waals surface area (Å²) in [6.07, 6.45) is 8.49. The molecule has 2 heteroatoms. The van der Waals surface area contributed by atoms with Gasteiger partial charge in [0.2, 0.25) is 5.78 Å². The fourth-order valence-corrected chi connectivity index (χ4v) is 5.62. The Morgan fingerprint density at radius 2 is 1.30 bits per heavy atom. The highest BCUT2D eigenvalue weighted by molar-refractivity contribution is 5.95. The van der Waals surface area contributed by atoms with Crippen molar-refractivity contribution in [1.82, 2.24) is 0 Å². The molecule has 3 aromatic carbocycles. The van der Waals surface area contributed by atoms with Gasteiger partial charge in [-0.2, -0.15) is 0 Å². The van der Waals surface area contributed by atoms with E-state index in [0.717, 1.165) is 36.0 Å². The van der Waals surface area contributed by atoms with Gasteiger partial charge in [-0.3, -0.25) is 4.79 Å². The van der Waals surface area contributed by atoms with E-state index in [2.05, 4.69) is 131 Å². The molecule has 2 nitrogen and oxygen atoms in total. The van der Waals surface area contributed by atoms with Gasteiger partial charge in [0.15, 0.2) is 0 Å². The molecule has 0 aliphatic carbocycles. The molecule has 1 atom stereocenters. The van der Waals surface area contributed by atoms with E-state index in [-0.39, 0.29) is 11.2 Å². The van der Waals surface area contributed by atoms with Gasteiger partial charge in [0.05, 0.1) is 6.61 Å². The molecule has 40 heavy (non-hydrogen) atoms. The lowest BCUT2D eigenvalue weighted by atomic mass is 9.80. The molecule has 0 spiro atoms. The number of hydrogen-bond donors (Lipinski definition) is 0. The zero-order chi connectivity index (χ0) is 28.8. The van der Waals surface area contributed by atoms with E-state index in [0.29, 0.717) is 24.9 Å². The monoisotopic (exact) mass is 534 g/mol. The van der Waals surface area contributed by atoms with Gasteiger partial charge in [-0.25, -0.2) is 0 Å². The SMILES string of the molecule is CC(C)CC(C)CC(C)(C)C#CC(=O)CCC/C=C/COC(c1ccccc1)(c1ccccc1)c1ccccc1. The minimum Gasteiger partial charge on any atom is -0.357 e. The van der Waals surface area contributed by atoms with Crippen LogP contribution in [0.2, 0.25) is 0 Å². The van der Waals surface area contributed by atoms with E-state index < -0.39 is 5.60 Å². The van der Waals surface area contributed by atoms with Crippen LogP contribution in [0.3, 0.4) is 0 Å². The van der Waals surface area contributed by atoms with Crippen molar-refractivity contribution < 1.29 is 9.53 Å². The summed E-state index contributed by atoms with van der Waals surface area (Å²) in [4.78, 5) is 12.4. The number of carbonyl (C=O) groups is 1. The van der Waals surface area contributed by atoms with Gasteiger partial charge in [0, 0.05) is 11.8 Å². The van der Waals surface area contributed by atoms with Crippen LogP contribution < -0.4 is 0 Å². The van der Waals surface area contributed by atoms with E-state index in [1.54, 1.807) is 0 Å². The molecule has 210 valence electrons. The minimum absolute atomic E-state index is 0.0329. The topological polar surface area (TPSA) is 26.3 Å². The third-order valence-electron chi connectivity index (χ3n) is 7.15. The van der Waals surface area contributed by atoms with Crippen molar-refractivity contribution in [1.29, 1.82) is 0 Å². The standard InChI is InChI=1S/C38H46O2/c1-31(2)29-32(3)30-37(4,5)27-26-36(39)25-17-6-7-18-28-40-38(33-19-11-8-12-20-33,34-21-13-9-14-22-34)35-23-15-10-16-24-35/h7-16,18-24,31-32H,6,17,25,28-30H2,1-5H3/b18-7+. The molecule has 0 radical (unpaired) electrons. The molecule has 3 aromatic rings. The van der Waals surface area contributed by atoms with Crippen molar-refractivity contribution in [3.63, 3.8) is 0 Å². The zero-order valence-corrected chi connectivity index (χ0v) is 25.0. The third kappa shape index (κ3) is 9.35. The molecular weight excluding hydrogens is 488 g/mol. The van der Waals surface area contributed by atoms with Crippen LogP contribution in [0.5, 0.6) is 0 Å². The Balaban J connectivity index is 1.60. The number of rotatable bonds is 14. The molecule has 0 N–H and O–H groups in total. The van der Waals surface area contributed by atoms with Crippen LogP contribution in [0.4, 0.5) is 0 Å². The Labute approximate surface area is 242 Å². The Hall–Kier alpha value is -3.41. The van der Waals surface area contributed by atoms with Crippen LogP contribution in [0.25, 0.3) is 0 Å². The maximum atomic E-state index is 12.4. The summed E-state index contributed by atoms with van der Waals surface area (Å²) in [7, 11) is 0. The van der Waals surface area contributed by atoms with E-state index in [9.17, 15) is 4.79 Å². The molecule has 0 saturated carbocycles. The van der Waals surface area contributed by atoms with Crippen LogP contribution in [0.15, 0.2) is 103 Å². The van der Waals surface area contributed by atoms with Crippen molar-refractivity contribution in [2.24, 2.45) is 17.3 Å². The molecule has 0 amide bonds. The van der Waals surface area contributed by atoms with Crippen LogP contribution in [-0.4, -0.2) is 12.4 Å². The summed E-state index contributed by atoms with van der Waals surface area (Å²) in [5.41, 5.74) is 2.41. The summed E-state index contributed by atoms with van der Waals surface area (Å²) in [6.45, 7) is 11.5. The van der Waals surface area contributed by atoms with Crippen molar-refractivity contribution >= 4 is 5.78 Å². The average molecular weight is 535 g/mol. The molecule has 0 fully saturated rings. The zero-order valence-electron chi connectivity index (χ0n) is 25.0. The van der Waals surface area contributed by atoms with Gasteiger partial charge in [0.1, 0.15) is 5.60 Å². The normalized spacial score (nSPS) is 12.8. The van der Waals surface area contributed by atoms with Crippen LogP contribution >= 0.6 is 0 Å². The van der Waals surface area contributed by atoms with Crippen LogP contribution in [0, 0.1) is 29.1 Å². The van der Waals surface area contributed by atoms with E-state index in [1.165, 1.54) is 6.42 Å². The van der Waals surface area contributed by atoms with Gasteiger partial charge >= 0.3 is 0 Å². The van der Waals surface area contributed by atoms with Gasteiger partial charge in [0.25, 0.3) is 0 Å². The van der Waals surface area contributed by atoms with E-state index in [1.807, 2.05) is 18.2 Å². The first kappa shape index (κ1) is 31.1. The lowest BCUT2D eigenvalue weighted by Gasteiger charge is -2.35. The number of hydrogen-bond acceptors (Lipinski definition) is 2. The van der Waals surface area contributed by atoms with Crippen LogP contribution in [0.1, 0.15) is 83.4 Å². The molecule has 3 rings (SSSR count). The Morgan fingerprint density at radius 3 is 1.77 bits per heavy atom. The van der Waals surface area contributed by atoms with E-state index in [4.69, 9.17) is 4.74 Å². The second kappa shape index (κ2) is 15.4. The molecule has 0 saturated heterocycles. The average Bonchev–Trinajstić information content (AvgIpc) is 2.94. The number of ketones is 1. The first-order valence-corrected chi connectivity index (χ1v) is 14.7. The number of Topliss-reactive ketones (excluding diaryl/α,β-unsaturated/α-hetero) is 1. The van der Waals surface area contributed by atoms with E-state index >= 15 is 0 Å². The first-order valence-electron chi connectivity index (χ1n) is 14.7. The summed E-state index contributed by atoms with van der Waals surface area (Å²) in [5.74, 6) is 7.50. The van der Waals surface area contributed by atoms with Gasteiger partial charge in [-0.15, -0.1) is 0 Å². The van der Waals surface area contributed by atoms with Crippen molar-refractivity contribution in [2.75, 3.05) is 6.61 Å². The third-order valence-corrected chi connectivity index (χ3v) is 7.15. The van der Waals surface area contributed by atoms with Gasteiger partial charge in [-0.1, -0.05) is 130 Å². The highest BCUT2D eigenvalue weighted by Gasteiger charge is 2.37.